The van der Waals surface area contributed by atoms with Crippen LogP contribution in [0.15, 0.2) is 42.7 Å². The second-order valence-corrected chi connectivity index (χ2v) is 4.83. The van der Waals surface area contributed by atoms with Crippen LogP contribution < -0.4 is 5.46 Å². The van der Waals surface area contributed by atoms with E-state index in [9.17, 15) is 4.79 Å². The van der Waals surface area contributed by atoms with Crippen molar-refractivity contribution in [2.45, 2.75) is 19.9 Å². The first-order valence-corrected chi connectivity index (χ1v) is 6.40. The molecule has 0 radical (unpaired) electrons. The van der Waals surface area contributed by atoms with Gasteiger partial charge in [0.1, 0.15) is 0 Å². The van der Waals surface area contributed by atoms with Gasteiger partial charge in [-0.15, -0.1) is 0 Å². The molecular weight excluding hydrogens is 237 g/mol. The van der Waals surface area contributed by atoms with Gasteiger partial charge in [-0.1, -0.05) is 25.0 Å². The normalized spacial score (nSPS) is 13.4. The Labute approximate surface area is 112 Å². The van der Waals surface area contributed by atoms with Crippen molar-refractivity contribution in [3.63, 3.8) is 0 Å². The Bertz CT molecular complexity index is 613. The monoisotopic (exact) mass is 251 g/mol. The lowest BCUT2D eigenvalue weighted by molar-refractivity contribution is 0.0992. The Hall–Kier alpha value is -1.94. The predicted molar refractivity (Wildman–Crippen MR) is 74.8 cm³/mol. The molecule has 0 saturated carbocycles. The number of benzene rings is 1. The average molecular weight is 251 g/mol. The molecule has 4 heteroatoms. The fourth-order valence-electron chi connectivity index (χ4n) is 2.38. The summed E-state index contributed by atoms with van der Waals surface area (Å²) in [6.07, 6.45) is 3.69. The molecular formula is C15H14BNO2. The van der Waals surface area contributed by atoms with Crippen molar-refractivity contribution < 1.29 is 9.45 Å². The van der Waals surface area contributed by atoms with Gasteiger partial charge in [0.25, 0.3) is 0 Å². The first-order chi connectivity index (χ1) is 9.24. The zero-order chi connectivity index (χ0) is 13.2. The van der Waals surface area contributed by atoms with E-state index in [1.54, 1.807) is 24.5 Å². The summed E-state index contributed by atoms with van der Waals surface area (Å²) in [7, 11) is 0. The molecule has 3 rings (SSSR count). The molecule has 1 aromatic carbocycles. The molecule has 0 saturated heterocycles. The van der Waals surface area contributed by atoms with Crippen molar-refractivity contribution in [3.8, 4) is 0 Å². The fourth-order valence-corrected chi connectivity index (χ4v) is 2.38. The first kappa shape index (κ1) is 12.1. The van der Waals surface area contributed by atoms with Gasteiger partial charge in [0.05, 0.1) is 6.61 Å². The highest BCUT2D eigenvalue weighted by atomic mass is 16.4. The zero-order valence-corrected chi connectivity index (χ0v) is 10.8. The summed E-state index contributed by atoms with van der Waals surface area (Å²) >= 11 is 0. The van der Waals surface area contributed by atoms with Crippen LogP contribution in [0.4, 0.5) is 0 Å². The number of Topliss-reactive ketones (excluding diaryl/α,β-unsaturated/α-hetero) is 1. The zero-order valence-electron chi connectivity index (χ0n) is 10.8. The minimum absolute atomic E-state index is 0.0969. The van der Waals surface area contributed by atoms with Crippen molar-refractivity contribution in [1.82, 2.24) is 4.98 Å². The van der Waals surface area contributed by atoms with E-state index in [0.29, 0.717) is 18.6 Å². The minimum Gasteiger partial charge on any atom is -0.427 e. The number of aromatic nitrogens is 1. The summed E-state index contributed by atoms with van der Waals surface area (Å²) in [4.78, 5) is 16.1. The summed E-state index contributed by atoms with van der Waals surface area (Å²) in [5.41, 5.74) is 4.12. The van der Waals surface area contributed by atoms with Crippen LogP contribution in [0.2, 0.25) is 6.82 Å². The molecule has 0 unspecified atom stereocenters. The van der Waals surface area contributed by atoms with Crippen molar-refractivity contribution in [3.05, 3.63) is 59.4 Å². The molecule has 94 valence electrons. The van der Waals surface area contributed by atoms with Crippen LogP contribution in [0, 0.1) is 0 Å². The Morgan fingerprint density at radius 2 is 2.32 bits per heavy atom. The summed E-state index contributed by atoms with van der Waals surface area (Å²) < 4.78 is 5.57. The molecule has 0 atom stereocenters. The highest BCUT2D eigenvalue weighted by molar-refractivity contribution is 6.67. The van der Waals surface area contributed by atoms with E-state index < -0.39 is 0 Å². The van der Waals surface area contributed by atoms with Gasteiger partial charge < -0.3 is 4.65 Å². The van der Waals surface area contributed by atoms with Crippen LogP contribution in [-0.2, 0) is 17.7 Å². The predicted octanol–water partition coefficient (Wildman–Crippen LogP) is 1.87. The molecule has 3 nitrogen and oxygen atoms in total. The van der Waals surface area contributed by atoms with Crippen LogP contribution in [0.1, 0.15) is 21.5 Å². The van der Waals surface area contributed by atoms with Gasteiger partial charge in [0.15, 0.2) is 5.78 Å². The summed E-state index contributed by atoms with van der Waals surface area (Å²) in [5.74, 6) is 0.0969. The van der Waals surface area contributed by atoms with Crippen LogP contribution >= 0.6 is 0 Å². The number of carbonyl (C=O) groups excluding carboxylic acids is 1. The quantitative estimate of drug-likeness (QED) is 0.617. The smallest absolute Gasteiger partial charge is 0.324 e. The van der Waals surface area contributed by atoms with Gasteiger partial charge in [0, 0.05) is 24.4 Å². The maximum Gasteiger partial charge on any atom is 0.324 e. The van der Waals surface area contributed by atoms with E-state index >= 15 is 0 Å². The highest BCUT2D eigenvalue weighted by Crippen LogP contribution is 2.14. The molecule has 19 heavy (non-hydrogen) atoms. The third-order valence-electron chi connectivity index (χ3n) is 3.49. The minimum atomic E-state index is 0.0969. The molecule has 1 aliphatic rings. The van der Waals surface area contributed by atoms with Crippen LogP contribution in [0.5, 0.6) is 0 Å². The Balaban J connectivity index is 1.81. The average Bonchev–Trinajstić information content (AvgIpc) is 2.81. The lowest BCUT2D eigenvalue weighted by Gasteiger charge is -2.05. The van der Waals surface area contributed by atoms with Crippen molar-refractivity contribution >= 4 is 18.2 Å². The topological polar surface area (TPSA) is 39.2 Å². The number of hydrogen-bond donors (Lipinski definition) is 0. The second-order valence-electron chi connectivity index (χ2n) is 4.83. The molecule has 1 aliphatic heterocycles. The number of fused-ring (bicyclic) bond motifs is 1. The van der Waals surface area contributed by atoms with Crippen molar-refractivity contribution in [2.24, 2.45) is 0 Å². The first-order valence-electron chi connectivity index (χ1n) is 6.40. The van der Waals surface area contributed by atoms with E-state index in [1.807, 2.05) is 12.9 Å². The number of rotatable bonds is 3. The number of hydrogen-bond acceptors (Lipinski definition) is 3. The maximum atomic E-state index is 12.1. The molecule has 0 bridgehead atoms. The van der Waals surface area contributed by atoms with Gasteiger partial charge >= 0.3 is 6.92 Å². The molecule has 2 heterocycles. The van der Waals surface area contributed by atoms with E-state index in [1.165, 1.54) is 11.0 Å². The van der Waals surface area contributed by atoms with E-state index in [0.717, 1.165) is 5.56 Å². The maximum absolute atomic E-state index is 12.1. The number of pyridine rings is 1. The lowest BCUT2D eigenvalue weighted by Crippen LogP contribution is -2.24. The molecule has 0 aliphatic carbocycles. The van der Waals surface area contributed by atoms with E-state index in [-0.39, 0.29) is 12.7 Å². The summed E-state index contributed by atoms with van der Waals surface area (Å²) in [5, 5.41) is 0. The molecule has 1 aromatic heterocycles. The number of ketones is 1. The Morgan fingerprint density at radius 1 is 1.42 bits per heavy atom. The van der Waals surface area contributed by atoms with Crippen LogP contribution in [0.3, 0.4) is 0 Å². The van der Waals surface area contributed by atoms with Crippen molar-refractivity contribution in [1.29, 1.82) is 0 Å². The summed E-state index contributed by atoms with van der Waals surface area (Å²) in [6, 6.07) is 9.74. The van der Waals surface area contributed by atoms with E-state index in [2.05, 4.69) is 17.1 Å². The molecule has 0 fully saturated rings. The standard InChI is InChI=1S/C15H14BNO2/c1-16-14-7-11(4-5-13(14)10-19-16)8-15(18)12-3-2-6-17-9-12/h2-7,9H,8,10H2,1H3. The van der Waals surface area contributed by atoms with Gasteiger partial charge in [0.2, 0.25) is 0 Å². The van der Waals surface area contributed by atoms with E-state index in [4.69, 9.17) is 4.65 Å². The SMILES string of the molecule is CB1OCc2ccc(CC(=O)c3cccnc3)cc21. The Kier molecular flexibility index (Phi) is 3.17. The van der Waals surface area contributed by atoms with Crippen LogP contribution in [-0.4, -0.2) is 17.7 Å². The number of carbonyl (C=O) groups is 1. The van der Waals surface area contributed by atoms with Crippen LogP contribution in [0.25, 0.3) is 0 Å². The number of nitrogens with zero attached hydrogens (tertiary/aromatic N) is 1. The Morgan fingerprint density at radius 3 is 3.11 bits per heavy atom. The van der Waals surface area contributed by atoms with Gasteiger partial charge in [-0.05, 0) is 28.7 Å². The van der Waals surface area contributed by atoms with Gasteiger partial charge in [-0.3, -0.25) is 9.78 Å². The lowest BCUT2D eigenvalue weighted by atomic mass is 9.64. The summed E-state index contributed by atoms with van der Waals surface area (Å²) in [6.45, 7) is 2.84. The fraction of sp³-hybridized carbons (Fsp3) is 0.200. The molecule has 0 amide bonds. The third-order valence-corrected chi connectivity index (χ3v) is 3.49. The largest absolute Gasteiger partial charge is 0.427 e. The van der Waals surface area contributed by atoms with Gasteiger partial charge in [-0.2, -0.15) is 0 Å². The van der Waals surface area contributed by atoms with Gasteiger partial charge in [-0.25, -0.2) is 0 Å². The third kappa shape index (κ3) is 2.44. The second kappa shape index (κ2) is 4.98. The molecule has 0 N–H and O–H groups in total. The van der Waals surface area contributed by atoms with Crippen molar-refractivity contribution in [2.75, 3.05) is 0 Å². The molecule has 0 spiro atoms. The molecule has 2 aromatic rings. The highest BCUT2D eigenvalue weighted by Gasteiger charge is 2.23.